The summed E-state index contributed by atoms with van der Waals surface area (Å²) >= 11 is 3.41. The van der Waals surface area contributed by atoms with Gasteiger partial charge < -0.3 is 5.32 Å². The van der Waals surface area contributed by atoms with Gasteiger partial charge in [-0.05, 0) is 38.1 Å². The van der Waals surface area contributed by atoms with Crippen LogP contribution in [0.25, 0.3) is 0 Å². The largest absolute Gasteiger partial charge is 0.313 e. The molecule has 0 spiro atoms. The van der Waals surface area contributed by atoms with Crippen LogP contribution in [0.5, 0.6) is 0 Å². The highest BCUT2D eigenvalue weighted by Crippen LogP contribution is 2.19. The molecule has 0 bridgehead atoms. The third-order valence-corrected chi connectivity index (χ3v) is 5.05. The van der Waals surface area contributed by atoms with Crippen molar-refractivity contribution in [3.8, 4) is 0 Å². The van der Waals surface area contributed by atoms with Crippen molar-refractivity contribution < 1.29 is 4.21 Å². The van der Waals surface area contributed by atoms with Crippen LogP contribution in [0, 0.1) is 0 Å². The van der Waals surface area contributed by atoms with Crippen LogP contribution in [-0.2, 0) is 10.8 Å². The average Bonchev–Trinajstić information content (AvgIpc) is 2.34. The molecule has 96 valence electrons. The Morgan fingerprint density at radius 2 is 2.12 bits per heavy atom. The first-order valence-corrected chi connectivity index (χ1v) is 8.00. The molecule has 0 saturated carbocycles. The third-order valence-electron chi connectivity index (χ3n) is 2.84. The van der Waals surface area contributed by atoms with Gasteiger partial charge >= 0.3 is 0 Å². The van der Waals surface area contributed by atoms with Gasteiger partial charge in [0, 0.05) is 15.4 Å². The summed E-state index contributed by atoms with van der Waals surface area (Å²) in [6.45, 7) is 7.17. The zero-order valence-electron chi connectivity index (χ0n) is 10.6. The fourth-order valence-corrected chi connectivity index (χ4v) is 3.88. The first kappa shape index (κ1) is 14.9. The lowest BCUT2D eigenvalue weighted by Gasteiger charge is -2.23. The van der Waals surface area contributed by atoms with E-state index in [0.717, 1.165) is 22.3 Å². The molecule has 1 aromatic rings. The molecule has 17 heavy (non-hydrogen) atoms. The quantitative estimate of drug-likeness (QED) is 0.872. The zero-order valence-corrected chi connectivity index (χ0v) is 13.0. The summed E-state index contributed by atoms with van der Waals surface area (Å²) in [5.74, 6) is 0. The summed E-state index contributed by atoms with van der Waals surface area (Å²) in [6, 6.07) is 8.05. The van der Waals surface area contributed by atoms with Gasteiger partial charge in [0.05, 0.1) is 16.0 Å². The van der Waals surface area contributed by atoms with Crippen LogP contribution in [0.1, 0.15) is 27.2 Å². The molecule has 3 unspecified atom stereocenters. The van der Waals surface area contributed by atoms with E-state index >= 15 is 0 Å². The van der Waals surface area contributed by atoms with E-state index in [2.05, 4.69) is 35.1 Å². The van der Waals surface area contributed by atoms with Gasteiger partial charge in [-0.2, -0.15) is 0 Å². The third kappa shape index (κ3) is 4.19. The molecule has 0 amide bonds. The number of hydrogen-bond acceptors (Lipinski definition) is 2. The molecular weight excluding hydrogens is 298 g/mol. The Kier molecular flexibility index (Phi) is 6.38. The molecule has 0 radical (unpaired) electrons. The topological polar surface area (TPSA) is 29.1 Å². The normalized spacial score (nSPS) is 16.5. The molecule has 0 aliphatic rings. The smallest absolute Gasteiger partial charge is 0.0574 e. The number of nitrogens with one attached hydrogen (secondary N) is 1. The summed E-state index contributed by atoms with van der Waals surface area (Å²) in [5.41, 5.74) is 0. The maximum Gasteiger partial charge on any atom is 0.0574 e. The van der Waals surface area contributed by atoms with Crippen LogP contribution >= 0.6 is 15.9 Å². The van der Waals surface area contributed by atoms with E-state index in [1.165, 1.54) is 0 Å². The monoisotopic (exact) mass is 317 g/mol. The van der Waals surface area contributed by atoms with Crippen LogP contribution in [0.3, 0.4) is 0 Å². The molecule has 1 N–H and O–H groups in total. The highest BCUT2D eigenvalue weighted by atomic mass is 79.9. The van der Waals surface area contributed by atoms with E-state index in [1.54, 1.807) is 0 Å². The van der Waals surface area contributed by atoms with Gasteiger partial charge in [0.15, 0.2) is 0 Å². The summed E-state index contributed by atoms with van der Waals surface area (Å²) in [6.07, 6.45) is 0.995. The minimum atomic E-state index is -0.962. The fraction of sp³-hybridized carbons (Fsp3) is 0.538. The molecule has 3 atom stereocenters. The van der Waals surface area contributed by atoms with Gasteiger partial charge in [-0.25, -0.2) is 0 Å². The highest BCUT2D eigenvalue weighted by molar-refractivity contribution is 9.10. The van der Waals surface area contributed by atoms with Crippen molar-refractivity contribution in [3.05, 3.63) is 28.7 Å². The average molecular weight is 318 g/mol. The highest BCUT2D eigenvalue weighted by Gasteiger charge is 2.21. The Hall–Kier alpha value is -0.190. The summed E-state index contributed by atoms with van der Waals surface area (Å²) in [7, 11) is -0.962. The van der Waals surface area contributed by atoms with E-state index < -0.39 is 10.8 Å². The Balaban J connectivity index is 2.81. The Morgan fingerprint density at radius 1 is 1.41 bits per heavy atom. The Morgan fingerprint density at radius 3 is 2.65 bits per heavy atom. The van der Waals surface area contributed by atoms with Crippen molar-refractivity contribution in [2.75, 3.05) is 6.54 Å². The van der Waals surface area contributed by atoms with Crippen LogP contribution in [-0.4, -0.2) is 22.0 Å². The van der Waals surface area contributed by atoms with Crippen LogP contribution in [0.2, 0.25) is 0 Å². The van der Waals surface area contributed by atoms with Crippen molar-refractivity contribution in [2.24, 2.45) is 0 Å². The minimum Gasteiger partial charge on any atom is -0.313 e. The van der Waals surface area contributed by atoms with Gasteiger partial charge in [-0.15, -0.1) is 0 Å². The molecule has 0 aromatic heterocycles. The number of hydrogen-bond donors (Lipinski definition) is 1. The maximum atomic E-state index is 12.4. The zero-order chi connectivity index (χ0) is 12.8. The first-order chi connectivity index (χ1) is 8.10. The van der Waals surface area contributed by atoms with Gasteiger partial charge in [0.2, 0.25) is 0 Å². The van der Waals surface area contributed by atoms with Gasteiger partial charge in [0.1, 0.15) is 0 Å². The van der Waals surface area contributed by atoms with Crippen molar-refractivity contribution in [2.45, 2.75) is 43.4 Å². The standard InChI is InChI=1S/C13H20BrNOS/c1-4-13(15-5-2)10(3)17(16)12-8-6-7-11(14)9-12/h6-10,13,15H,4-5H2,1-3H3. The summed E-state index contributed by atoms with van der Waals surface area (Å²) in [4.78, 5) is 0.892. The van der Waals surface area contributed by atoms with Crippen LogP contribution in [0.4, 0.5) is 0 Å². The summed E-state index contributed by atoms with van der Waals surface area (Å²) in [5, 5.41) is 3.51. The molecule has 2 nitrogen and oxygen atoms in total. The SMILES string of the molecule is CCNC(CC)C(C)S(=O)c1cccc(Br)c1. The number of benzene rings is 1. The maximum absolute atomic E-state index is 12.4. The Bertz CT molecular complexity index is 383. The number of halogens is 1. The predicted molar refractivity (Wildman–Crippen MR) is 77.8 cm³/mol. The lowest BCUT2D eigenvalue weighted by Crippen LogP contribution is -2.39. The van der Waals surface area contributed by atoms with Gasteiger partial charge in [0.25, 0.3) is 0 Å². The predicted octanol–water partition coefficient (Wildman–Crippen LogP) is 3.33. The molecule has 0 aliphatic heterocycles. The lowest BCUT2D eigenvalue weighted by molar-refractivity contribution is 0.500. The second kappa shape index (κ2) is 7.29. The van der Waals surface area contributed by atoms with E-state index in [9.17, 15) is 4.21 Å². The molecule has 0 fully saturated rings. The minimum absolute atomic E-state index is 0.120. The molecular formula is C13H20BrNOS. The van der Waals surface area contributed by atoms with Crippen molar-refractivity contribution in [1.29, 1.82) is 0 Å². The van der Waals surface area contributed by atoms with E-state index in [-0.39, 0.29) is 5.25 Å². The molecule has 0 heterocycles. The summed E-state index contributed by atoms with van der Waals surface area (Å²) < 4.78 is 13.4. The van der Waals surface area contributed by atoms with E-state index in [0.29, 0.717) is 6.04 Å². The lowest BCUT2D eigenvalue weighted by atomic mass is 10.2. The molecule has 1 aromatic carbocycles. The van der Waals surface area contributed by atoms with Gasteiger partial charge in [-0.1, -0.05) is 35.8 Å². The number of rotatable bonds is 6. The van der Waals surface area contributed by atoms with Crippen LogP contribution in [0.15, 0.2) is 33.6 Å². The second-order valence-corrected chi connectivity index (χ2v) is 6.76. The van der Waals surface area contributed by atoms with E-state index in [4.69, 9.17) is 0 Å². The fourth-order valence-electron chi connectivity index (χ4n) is 1.86. The molecule has 1 rings (SSSR count). The molecule has 0 saturated heterocycles. The van der Waals surface area contributed by atoms with Crippen molar-refractivity contribution in [3.63, 3.8) is 0 Å². The van der Waals surface area contributed by atoms with Gasteiger partial charge in [-0.3, -0.25) is 4.21 Å². The van der Waals surface area contributed by atoms with E-state index in [1.807, 2.05) is 31.2 Å². The molecule has 4 heteroatoms. The molecule has 0 aliphatic carbocycles. The second-order valence-electron chi connectivity index (χ2n) is 4.03. The van der Waals surface area contributed by atoms with Crippen molar-refractivity contribution in [1.82, 2.24) is 5.32 Å². The Labute approximate surface area is 115 Å². The van der Waals surface area contributed by atoms with Crippen LogP contribution < -0.4 is 5.32 Å². The van der Waals surface area contributed by atoms with Crippen molar-refractivity contribution >= 4 is 26.7 Å². The first-order valence-electron chi connectivity index (χ1n) is 5.99.